The number of carbonyl (C=O) groups excluding carboxylic acids is 2. The lowest BCUT2D eigenvalue weighted by atomic mass is 10.2. The van der Waals surface area contributed by atoms with E-state index >= 15 is 0 Å². The molecule has 1 saturated heterocycles. The second kappa shape index (κ2) is 5.23. The molecule has 5 heteroatoms. The fourth-order valence-electron chi connectivity index (χ4n) is 1.45. The number of carbonyl (C=O) groups is 2. The van der Waals surface area contributed by atoms with E-state index in [1.165, 1.54) is 7.11 Å². The second-order valence-electron chi connectivity index (χ2n) is 3.91. The predicted molar refractivity (Wildman–Crippen MR) is 55.7 cm³/mol. The summed E-state index contributed by atoms with van der Waals surface area (Å²) in [4.78, 5) is 21.6. The average molecular weight is 228 g/mol. The zero-order valence-electron chi connectivity index (χ0n) is 9.64. The predicted octanol–water partition coefficient (Wildman–Crippen LogP) is 0.825. The molecular weight excluding hydrogens is 212 g/mol. The maximum atomic E-state index is 10.8. The average Bonchev–Trinajstić information content (AvgIpc) is 2.53. The van der Waals surface area contributed by atoms with E-state index in [1.54, 1.807) is 26.0 Å². The molecule has 5 nitrogen and oxygen atoms in total. The summed E-state index contributed by atoms with van der Waals surface area (Å²) >= 11 is 0. The SMILES string of the molecule is COC(=O)C/C=C/[C@H]1OC(C)(C)O[C@H]1C=O. The molecule has 0 aromatic rings. The highest BCUT2D eigenvalue weighted by atomic mass is 16.8. The first-order chi connectivity index (χ1) is 7.48. The summed E-state index contributed by atoms with van der Waals surface area (Å²) in [5.74, 6) is -1.11. The van der Waals surface area contributed by atoms with Crippen molar-refractivity contribution in [2.45, 2.75) is 38.3 Å². The Labute approximate surface area is 94.4 Å². The number of rotatable bonds is 4. The Bertz CT molecular complexity index is 295. The van der Waals surface area contributed by atoms with Gasteiger partial charge in [-0.05, 0) is 13.8 Å². The molecule has 0 bridgehead atoms. The minimum atomic E-state index is -0.772. The van der Waals surface area contributed by atoms with Gasteiger partial charge in [0.15, 0.2) is 12.1 Å². The van der Waals surface area contributed by atoms with Crippen molar-refractivity contribution in [1.82, 2.24) is 0 Å². The van der Waals surface area contributed by atoms with Crippen LogP contribution < -0.4 is 0 Å². The molecule has 0 radical (unpaired) electrons. The lowest BCUT2D eigenvalue weighted by Gasteiger charge is -2.15. The van der Waals surface area contributed by atoms with Gasteiger partial charge in [-0.2, -0.15) is 0 Å². The Balaban J connectivity index is 2.53. The topological polar surface area (TPSA) is 61.8 Å². The van der Waals surface area contributed by atoms with Crippen LogP contribution in [-0.2, 0) is 23.8 Å². The van der Waals surface area contributed by atoms with Crippen molar-refractivity contribution < 1.29 is 23.8 Å². The molecule has 0 aromatic heterocycles. The Hall–Kier alpha value is -1.20. The molecule has 1 fully saturated rings. The van der Waals surface area contributed by atoms with Crippen molar-refractivity contribution in [2.24, 2.45) is 0 Å². The van der Waals surface area contributed by atoms with Crippen LogP contribution >= 0.6 is 0 Å². The first kappa shape index (κ1) is 12.9. The van der Waals surface area contributed by atoms with E-state index in [2.05, 4.69) is 4.74 Å². The zero-order valence-corrected chi connectivity index (χ0v) is 9.64. The smallest absolute Gasteiger partial charge is 0.309 e. The van der Waals surface area contributed by atoms with E-state index < -0.39 is 18.0 Å². The summed E-state index contributed by atoms with van der Waals surface area (Å²) in [6, 6.07) is 0. The summed E-state index contributed by atoms with van der Waals surface area (Å²) in [5.41, 5.74) is 0. The van der Waals surface area contributed by atoms with Crippen LogP contribution in [0.2, 0.25) is 0 Å². The van der Waals surface area contributed by atoms with Gasteiger partial charge in [-0.15, -0.1) is 0 Å². The highest BCUT2D eigenvalue weighted by Gasteiger charge is 2.39. The molecule has 16 heavy (non-hydrogen) atoms. The molecule has 2 atom stereocenters. The fourth-order valence-corrected chi connectivity index (χ4v) is 1.45. The van der Waals surface area contributed by atoms with Crippen molar-refractivity contribution in [2.75, 3.05) is 7.11 Å². The Morgan fingerprint density at radius 1 is 1.38 bits per heavy atom. The maximum Gasteiger partial charge on any atom is 0.309 e. The second-order valence-corrected chi connectivity index (χ2v) is 3.91. The van der Waals surface area contributed by atoms with Gasteiger partial charge in [-0.3, -0.25) is 4.79 Å². The number of hydrogen-bond acceptors (Lipinski definition) is 5. The maximum absolute atomic E-state index is 10.8. The highest BCUT2D eigenvalue weighted by molar-refractivity contribution is 5.71. The largest absolute Gasteiger partial charge is 0.469 e. The van der Waals surface area contributed by atoms with E-state index in [4.69, 9.17) is 9.47 Å². The van der Waals surface area contributed by atoms with E-state index in [0.29, 0.717) is 6.29 Å². The third kappa shape index (κ3) is 3.43. The molecule has 0 saturated carbocycles. The van der Waals surface area contributed by atoms with E-state index in [0.717, 1.165) is 0 Å². The van der Waals surface area contributed by atoms with E-state index in [-0.39, 0.29) is 12.4 Å². The normalized spacial score (nSPS) is 28.2. The summed E-state index contributed by atoms with van der Waals surface area (Å²) in [6.07, 6.45) is 3.04. The van der Waals surface area contributed by atoms with Crippen molar-refractivity contribution in [3.8, 4) is 0 Å². The monoisotopic (exact) mass is 228 g/mol. The van der Waals surface area contributed by atoms with Crippen LogP contribution in [0.15, 0.2) is 12.2 Å². The number of esters is 1. The molecule has 1 rings (SSSR count). The van der Waals surface area contributed by atoms with Gasteiger partial charge in [-0.25, -0.2) is 0 Å². The van der Waals surface area contributed by atoms with Gasteiger partial charge in [0.2, 0.25) is 0 Å². The standard InChI is InChI=1S/C11H16O5/c1-11(2)15-8(9(7-12)16-11)5-4-6-10(13)14-3/h4-5,7-9H,6H2,1-3H3/b5-4+/t8-,9+/m1/s1. The van der Waals surface area contributed by atoms with Crippen molar-refractivity contribution in [1.29, 1.82) is 0 Å². The van der Waals surface area contributed by atoms with Crippen LogP contribution in [0.5, 0.6) is 0 Å². The van der Waals surface area contributed by atoms with E-state index in [1.807, 2.05) is 0 Å². The molecule has 0 aliphatic carbocycles. The van der Waals surface area contributed by atoms with Gasteiger partial charge < -0.3 is 19.0 Å². The molecule has 0 spiro atoms. The van der Waals surface area contributed by atoms with Crippen molar-refractivity contribution in [3.63, 3.8) is 0 Å². The van der Waals surface area contributed by atoms with Gasteiger partial charge in [0.05, 0.1) is 13.5 Å². The van der Waals surface area contributed by atoms with Crippen LogP contribution in [0.1, 0.15) is 20.3 Å². The molecule has 0 aromatic carbocycles. The third-order valence-corrected chi connectivity index (χ3v) is 2.14. The van der Waals surface area contributed by atoms with Crippen LogP contribution in [0.3, 0.4) is 0 Å². The van der Waals surface area contributed by atoms with Gasteiger partial charge >= 0.3 is 5.97 Å². The molecule has 90 valence electrons. The van der Waals surface area contributed by atoms with Gasteiger partial charge in [0.25, 0.3) is 0 Å². The third-order valence-electron chi connectivity index (χ3n) is 2.14. The van der Waals surface area contributed by atoms with Gasteiger partial charge in [-0.1, -0.05) is 12.2 Å². The van der Waals surface area contributed by atoms with Gasteiger partial charge in [0, 0.05) is 0 Å². The molecule has 1 heterocycles. The van der Waals surface area contributed by atoms with Crippen LogP contribution in [0, 0.1) is 0 Å². The molecular formula is C11H16O5. The van der Waals surface area contributed by atoms with Crippen LogP contribution in [0.25, 0.3) is 0 Å². The molecule has 0 unspecified atom stereocenters. The Kier molecular flexibility index (Phi) is 4.20. The Morgan fingerprint density at radius 3 is 2.56 bits per heavy atom. The molecule has 0 amide bonds. The summed E-state index contributed by atoms with van der Waals surface area (Å²) < 4.78 is 15.3. The summed E-state index contributed by atoms with van der Waals surface area (Å²) in [5, 5.41) is 0. The number of aldehydes is 1. The minimum Gasteiger partial charge on any atom is -0.469 e. The summed E-state index contributed by atoms with van der Waals surface area (Å²) in [6.45, 7) is 3.47. The van der Waals surface area contributed by atoms with Crippen LogP contribution in [0.4, 0.5) is 0 Å². The number of ether oxygens (including phenoxy) is 3. The fraction of sp³-hybridized carbons (Fsp3) is 0.636. The van der Waals surface area contributed by atoms with Crippen molar-refractivity contribution in [3.05, 3.63) is 12.2 Å². The lowest BCUT2D eigenvalue weighted by molar-refractivity contribution is -0.148. The first-order valence-electron chi connectivity index (χ1n) is 5.03. The quantitative estimate of drug-likeness (QED) is 0.405. The zero-order chi connectivity index (χ0) is 12.2. The molecule has 1 aliphatic heterocycles. The molecule has 0 N–H and O–H groups in total. The number of methoxy groups -OCH3 is 1. The van der Waals surface area contributed by atoms with Gasteiger partial charge in [0.1, 0.15) is 12.2 Å². The lowest BCUT2D eigenvalue weighted by Crippen LogP contribution is -2.22. The first-order valence-corrected chi connectivity index (χ1v) is 5.03. The Morgan fingerprint density at radius 2 is 2.00 bits per heavy atom. The summed E-state index contributed by atoms with van der Waals surface area (Å²) in [7, 11) is 1.32. The minimum absolute atomic E-state index is 0.155. The number of hydrogen-bond donors (Lipinski definition) is 0. The van der Waals surface area contributed by atoms with E-state index in [9.17, 15) is 9.59 Å². The van der Waals surface area contributed by atoms with Crippen molar-refractivity contribution >= 4 is 12.3 Å². The molecule has 1 aliphatic rings. The highest BCUT2D eigenvalue weighted by Crippen LogP contribution is 2.27. The van der Waals surface area contributed by atoms with Crippen LogP contribution in [-0.4, -0.2) is 37.4 Å².